The molecule has 0 saturated carbocycles. The van der Waals surface area contributed by atoms with Crippen molar-refractivity contribution in [2.75, 3.05) is 26.2 Å². The van der Waals surface area contributed by atoms with Gasteiger partial charge in [0.25, 0.3) is 0 Å². The molecule has 0 aliphatic carbocycles. The molecule has 1 heterocycles. The van der Waals surface area contributed by atoms with Gasteiger partial charge in [-0.25, -0.2) is 21.2 Å². The predicted octanol–water partition coefficient (Wildman–Crippen LogP) is 2.05. The molecule has 2 aromatic rings. The first-order valence-corrected chi connectivity index (χ1v) is 11.4. The van der Waals surface area contributed by atoms with Crippen molar-refractivity contribution in [1.29, 1.82) is 5.26 Å². The highest BCUT2D eigenvalue weighted by Gasteiger charge is 2.35. The highest BCUT2D eigenvalue weighted by atomic mass is 35.5. The van der Waals surface area contributed by atoms with Gasteiger partial charge in [-0.1, -0.05) is 23.7 Å². The SMILES string of the molecule is N#Cc1ccccc1S(=O)(=O)N1CCN(S(=O)(=O)c2ccc(Cl)cc2F)CC1. The highest BCUT2D eigenvalue weighted by molar-refractivity contribution is 7.89. The van der Waals surface area contributed by atoms with Crippen LogP contribution in [0, 0.1) is 17.1 Å². The van der Waals surface area contributed by atoms with E-state index in [0.29, 0.717) is 0 Å². The molecular formula is C17H15ClFN3O4S2. The first-order chi connectivity index (χ1) is 13.2. The predicted molar refractivity (Wildman–Crippen MR) is 100 cm³/mol. The van der Waals surface area contributed by atoms with E-state index < -0.39 is 30.8 Å². The van der Waals surface area contributed by atoms with E-state index in [-0.39, 0.29) is 41.7 Å². The van der Waals surface area contributed by atoms with E-state index in [1.54, 1.807) is 6.07 Å². The van der Waals surface area contributed by atoms with Crippen molar-refractivity contribution >= 4 is 31.6 Å². The Morgan fingerprint density at radius 1 is 0.893 bits per heavy atom. The molecule has 0 aromatic heterocycles. The third-order valence-corrected chi connectivity index (χ3v) is 8.46. The molecule has 0 radical (unpaired) electrons. The van der Waals surface area contributed by atoms with Gasteiger partial charge in [0.1, 0.15) is 16.8 Å². The summed E-state index contributed by atoms with van der Waals surface area (Å²) in [7, 11) is -8.08. The molecule has 1 aliphatic heterocycles. The number of hydrogen-bond acceptors (Lipinski definition) is 5. The molecule has 0 bridgehead atoms. The molecule has 0 atom stereocenters. The summed E-state index contributed by atoms with van der Waals surface area (Å²) in [6.45, 7) is -0.510. The highest BCUT2D eigenvalue weighted by Crippen LogP contribution is 2.26. The fraction of sp³-hybridized carbons (Fsp3) is 0.235. The van der Waals surface area contributed by atoms with Crippen molar-refractivity contribution in [2.45, 2.75) is 9.79 Å². The zero-order valence-electron chi connectivity index (χ0n) is 14.4. The Bertz CT molecular complexity index is 1160. The second kappa shape index (κ2) is 7.77. The molecule has 0 unspecified atom stereocenters. The standard InChI is InChI=1S/C17H15ClFN3O4S2/c18-14-5-6-17(15(19)11-14)28(25,26)22-9-7-21(8-10-22)27(23,24)16-4-2-1-3-13(16)12-20/h1-6,11H,7-10H2. The smallest absolute Gasteiger partial charge is 0.207 e. The van der Waals surface area contributed by atoms with Crippen LogP contribution in [0.25, 0.3) is 0 Å². The Hall–Kier alpha value is -2.03. The topological polar surface area (TPSA) is 98.5 Å². The normalized spacial score (nSPS) is 16.6. The molecule has 11 heteroatoms. The molecule has 7 nitrogen and oxygen atoms in total. The Kier molecular flexibility index (Phi) is 5.74. The summed E-state index contributed by atoms with van der Waals surface area (Å²) >= 11 is 5.66. The summed E-state index contributed by atoms with van der Waals surface area (Å²) in [5, 5.41) is 9.21. The average Bonchev–Trinajstić information content (AvgIpc) is 2.67. The van der Waals surface area contributed by atoms with Crippen molar-refractivity contribution in [1.82, 2.24) is 8.61 Å². The Labute approximate surface area is 167 Å². The fourth-order valence-electron chi connectivity index (χ4n) is 2.90. The zero-order chi connectivity index (χ0) is 20.5. The van der Waals surface area contributed by atoms with Crippen LogP contribution >= 0.6 is 11.6 Å². The van der Waals surface area contributed by atoms with Gasteiger partial charge in [-0.2, -0.15) is 13.9 Å². The Morgan fingerprint density at radius 2 is 1.43 bits per heavy atom. The quantitative estimate of drug-likeness (QED) is 0.720. The number of piperazine rings is 1. The van der Waals surface area contributed by atoms with E-state index in [2.05, 4.69) is 0 Å². The van der Waals surface area contributed by atoms with Gasteiger partial charge in [-0.05, 0) is 30.3 Å². The molecule has 3 rings (SSSR count). The minimum absolute atomic E-state index is 0.0146. The molecule has 1 aliphatic rings. The van der Waals surface area contributed by atoms with Crippen molar-refractivity contribution in [3.05, 3.63) is 58.9 Å². The molecule has 2 aromatic carbocycles. The van der Waals surface area contributed by atoms with Crippen molar-refractivity contribution in [3.8, 4) is 6.07 Å². The summed E-state index contributed by atoms with van der Waals surface area (Å²) in [6.07, 6.45) is 0. The average molecular weight is 444 g/mol. The van der Waals surface area contributed by atoms with Crippen LogP contribution in [0.1, 0.15) is 5.56 Å². The van der Waals surface area contributed by atoms with Crippen molar-refractivity contribution in [3.63, 3.8) is 0 Å². The minimum atomic E-state index is -4.13. The Morgan fingerprint density at radius 3 is 1.96 bits per heavy atom. The lowest BCUT2D eigenvalue weighted by Gasteiger charge is -2.33. The lowest BCUT2D eigenvalue weighted by Crippen LogP contribution is -2.50. The lowest BCUT2D eigenvalue weighted by molar-refractivity contribution is 0.272. The van der Waals surface area contributed by atoms with Crippen LogP contribution in [0.15, 0.2) is 52.3 Å². The van der Waals surface area contributed by atoms with Crippen LogP contribution in [0.4, 0.5) is 4.39 Å². The zero-order valence-corrected chi connectivity index (χ0v) is 16.8. The molecule has 0 spiro atoms. The molecule has 0 amide bonds. The van der Waals surface area contributed by atoms with Gasteiger partial charge in [0.15, 0.2) is 0 Å². The number of benzene rings is 2. The van der Waals surface area contributed by atoms with Gasteiger partial charge in [0.05, 0.1) is 10.5 Å². The molecule has 148 valence electrons. The first-order valence-electron chi connectivity index (χ1n) is 8.12. The second-order valence-corrected chi connectivity index (χ2v) is 10.2. The number of sulfonamides is 2. The van der Waals surface area contributed by atoms with Gasteiger partial charge < -0.3 is 0 Å². The van der Waals surface area contributed by atoms with Crippen molar-refractivity contribution < 1.29 is 21.2 Å². The van der Waals surface area contributed by atoms with E-state index in [9.17, 15) is 21.2 Å². The largest absolute Gasteiger partial charge is 0.246 e. The summed E-state index contributed by atoms with van der Waals surface area (Å²) in [4.78, 5) is -0.638. The first kappa shape index (κ1) is 20.7. The third kappa shape index (κ3) is 3.76. The van der Waals surface area contributed by atoms with Crippen LogP contribution in [-0.2, 0) is 20.0 Å². The fourth-order valence-corrected chi connectivity index (χ4v) is 6.09. The molecule has 1 fully saturated rings. The van der Waals surface area contributed by atoms with E-state index >= 15 is 0 Å². The number of rotatable bonds is 4. The monoisotopic (exact) mass is 443 g/mol. The summed E-state index contributed by atoms with van der Waals surface area (Å²) in [6, 6.07) is 10.9. The second-order valence-electron chi connectivity index (χ2n) is 5.99. The van der Waals surface area contributed by atoms with Crippen LogP contribution in [-0.4, -0.2) is 51.6 Å². The van der Waals surface area contributed by atoms with Crippen LogP contribution in [0.2, 0.25) is 5.02 Å². The number of halogens is 2. The van der Waals surface area contributed by atoms with Gasteiger partial charge in [-0.3, -0.25) is 0 Å². The van der Waals surface area contributed by atoms with Crippen LogP contribution < -0.4 is 0 Å². The van der Waals surface area contributed by atoms with Gasteiger partial charge in [0.2, 0.25) is 20.0 Å². The Balaban J connectivity index is 1.82. The molecule has 1 saturated heterocycles. The number of hydrogen-bond donors (Lipinski definition) is 0. The van der Waals surface area contributed by atoms with Crippen molar-refractivity contribution in [2.24, 2.45) is 0 Å². The van der Waals surface area contributed by atoms with E-state index in [4.69, 9.17) is 16.9 Å². The van der Waals surface area contributed by atoms with Gasteiger partial charge in [-0.15, -0.1) is 0 Å². The van der Waals surface area contributed by atoms with Gasteiger partial charge in [0, 0.05) is 31.2 Å². The summed E-state index contributed by atoms with van der Waals surface area (Å²) in [5.41, 5.74) is 0.0146. The van der Waals surface area contributed by atoms with Crippen LogP contribution in [0.3, 0.4) is 0 Å². The molecule has 28 heavy (non-hydrogen) atoms. The molecule has 0 N–H and O–H groups in total. The third-order valence-electron chi connectivity index (χ3n) is 4.33. The summed E-state index contributed by atoms with van der Waals surface area (Å²) in [5.74, 6) is -0.967. The van der Waals surface area contributed by atoms with Crippen LogP contribution in [0.5, 0.6) is 0 Å². The van der Waals surface area contributed by atoms with E-state index in [0.717, 1.165) is 20.7 Å². The number of nitrogens with zero attached hydrogens (tertiary/aromatic N) is 3. The maximum absolute atomic E-state index is 14.0. The molecular weight excluding hydrogens is 429 g/mol. The lowest BCUT2D eigenvalue weighted by atomic mass is 10.2. The van der Waals surface area contributed by atoms with E-state index in [1.165, 1.54) is 24.3 Å². The maximum Gasteiger partial charge on any atom is 0.246 e. The summed E-state index contributed by atoms with van der Waals surface area (Å²) < 4.78 is 67.2. The maximum atomic E-state index is 14.0. The number of nitriles is 1. The minimum Gasteiger partial charge on any atom is -0.207 e. The van der Waals surface area contributed by atoms with E-state index in [1.807, 2.05) is 6.07 Å². The van der Waals surface area contributed by atoms with Gasteiger partial charge >= 0.3 is 0 Å².